The van der Waals surface area contributed by atoms with Crippen LogP contribution in [0, 0.1) is 0 Å². The number of ether oxygens (including phenoxy) is 2. The lowest BCUT2D eigenvalue weighted by molar-refractivity contribution is -0.149. The quantitative estimate of drug-likeness (QED) is 0.339. The molecule has 0 fully saturated rings. The molecule has 0 radical (unpaired) electrons. The van der Waals surface area contributed by atoms with Gasteiger partial charge in [0.2, 0.25) is 17.7 Å². The molecule has 2 unspecified atom stereocenters. The number of carbonyl (C=O) groups is 5. The van der Waals surface area contributed by atoms with Gasteiger partial charge in [0.15, 0.2) is 0 Å². The number of primary amides is 1. The van der Waals surface area contributed by atoms with E-state index in [1.54, 1.807) is 60.6 Å². The summed E-state index contributed by atoms with van der Waals surface area (Å²) in [6.07, 6.45) is -0.677. The van der Waals surface area contributed by atoms with E-state index >= 15 is 0 Å². The maximum absolute atomic E-state index is 14.0. The van der Waals surface area contributed by atoms with Crippen LogP contribution in [0.2, 0.25) is 0 Å². The number of carbonyl (C=O) groups excluding carboxylic acids is 5. The van der Waals surface area contributed by atoms with Crippen molar-refractivity contribution in [2.45, 2.75) is 97.9 Å². The summed E-state index contributed by atoms with van der Waals surface area (Å²) in [5.41, 5.74) is 5.16. The van der Waals surface area contributed by atoms with E-state index < -0.39 is 59.4 Å². The summed E-state index contributed by atoms with van der Waals surface area (Å²) < 4.78 is 10.2. The second-order valence-electron chi connectivity index (χ2n) is 11.1. The Bertz CT molecular complexity index is 1010. The van der Waals surface area contributed by atoms with E-state index in [0.717, 1.165) is 12.0 Å². The van der Waals surface area contributed by atoms with Crippen molar-refractivity contribution in [1.82, 2.24) is 15.5 Å². The van der Waals surface area contributed by atoms with Crippen molar-refractivity contribution in [2.24, 2.45) is 5.73 Å². The molecule has 4 amide bonds. The van der Waals surface area contributed by atoms with E-state index in [1.807, 2.05) is 19.1 Å². The Kier molecular flexibility index (Phi) is 12.4. The summed E-state index contributed by atoms with van der Waals surface area (Å²) in [7, 11) is 0. The second kappa shape index (κ2) is 14.5. The molecule has 0 heterocycles. The lowest BCUT2D eigenvalue weighted by atomic mass is 9.94. The highest BCUT2D eigenvalue weighted by atomic mass is 16.6. The van der Waals surface area contributed by atoms with Gasteiger partial charge >= 0.3 is 12.1 Å². The highest BCUT2D eigenvalue weighted by molar-refractivity contribution is 5.95. The zero-order chi connectivity index (χ0) is 30.0. The average Bonchev–Trinajstić information content (AvgIpc) is 2.79. The number of aryl methyl sites for hydroxylation is 1. The minimum absolute atomic E-state index is 0.00570. The summed E-state index contributed by atoms with van der Waals surface area (Å²) in [5.74, 6) is -2.52. The number of alkyl carbamates (subject to hydrolysis) is 1. The Morgan fingerprint density at radius 3 is 2.03 bits per heavy atom. The van der Waals surface area contributed by atoms with Crippen LogP contribution in [0.4, 0.5) is 4.79 Å². The van der Waals surface area contributed by atoms with E-state index in [0.29, 0.717) is 5.56 Å². The molecule has 0 aromatic heterocycles. The van der Waals surface area contributed by atoms with Gasteiger partial charge in [-0.1, -0.05) is 31.2 Å². The molecule has 4 N–H and O–H groups in total. The zero-order valence-electron chi connectivity index (χ0n) is 24.4. The van der Waals surface area contributed by atoms with Crippen molar-refractivity contribution < 1.29 is 33.4 Å². The predicted molar refractivity (Wildman–Crippen MR) is 146 cm³/mol. The first kappa shape index (κ1) is 33.4. The van der Waals surface area contributed by atoms with Crippen LogP contribution in [-0.4, -0.2) is 65.0 Å². The molecule has 1 aromatic rings. The molecular weight excluding hydrogens is 504 g/mol. The fourth-order valence-corrected chi connectivity index (χ4v) is 3.84. The van der Waals surface area contributed by atoms with Crippen LogP contribution >= 0.6 is 0 Å². The summed E-state index contributed by atoms with van der Waals surface area (Å²) in [6.45, 7) is 14.1. The predicted octanol–water partition coefficient (Wildman–Crippen LogP) is 2.76. The van der Waals surface area contributed by atoms with Gasteiger partial charge in [0.1, 0.15) is 17.7 Å². The van der Waals surface area contributed by atoms with Crippen LogP contribution in [0.5, 0.6) is 0 Å². The highest BCUT2D eigenvalue weighted by Gasteiger charge is 2.42. The number of benzene rings is 1. The molecule has 218 valence electrons. The molecule has 0 saturated heterocycles. The van der Waals surface area contributed by atoms with Gasteiger partial charge in [-0.25, -0.2) is 4.79 Å². The van der Waals surface area contributed by atoms with Crippen molar-refractivity contribution in [1.29, 1.82) is 0 Å². The fourth-order valence-electron chi connectivity index (χ4n) is 3.84. The lowest BCUT2D eigenvalue weighted by Crippen LogP contribution is -2.59. The summed E-state index contributed by atoms with van der Waals surface area (Å²) in [5, 5.41) is 5.17. The lowest BCUT2D eigenvalue weighted by Gasteiger charge is -2.43. The highest BCUT2D eigenvalue weighted by Crippen LogP contribution is 2.30. The van der Waals surface area contributed by atoms with Crippen LogP contribution < -0.4 is 16.4 Å². The first-order valence-electron chi connectivity index (χ1n) is 13.1. The van der Waals surface area contributed by atoms with Gasteiger partial charge in [0.05, 0.1) is 19.4 Å². The molecule has 0 spiro atoms. The maximum atomic E-state index is 14.0. The molecule has 11 nitrogen and oxygen atoms in total. The van der Waals surface area contributed by atoms with Crippen LogP contribution in [0.25, 0.3) is 0 Å². The van der Waals surface area contributed by atoms with E-state index in [2.05, 4.69) is 10.6 Å². The normalized spacial score (nSPS) is 13.0. The van der Waals surface area contributed by atoms with Gasteiger partial charge in [-0.3, -0.25) is 19.2 Å². The van der Waals surface area contributed by atoms with Crippen LogP contribution in [0.3, 0.4) is 0 Å². The van der Waals surface area contributed by atoms with Crippen LogP contribution in [-0.2, 0) is 35.1 Å². The number of rotatable bonds is 12. The SMILES string of the molecule is CCOC(=O)CCNC(=O)C(c1ccc(CC)cc1)N(C(=O)C(CC(N)=O)NC(=O)OC(C)(C)C)C(C)(C)C. The monoisotopic (exact) mass is 548 g/mol. The molecule has 0 bridgehead atoms. The summed E-state index contributed by atoms with van der Waals surface area (Å²) in [4.78, 5) is 65.2. The molecule has 0 aliphatic carbocycles. The summed E-state index contributed by atoms with van der Waals surface area (Å²) in [6, 6.07) is 4.69. The number of hydrogen-bond donors (Lipinski definition) is 3. The number of nitrogens with two attached hydrogens (primary N) is 1. The van der Waals surface area contributed by atoms with Crippen LogP contribution in [0.1, 0.15) is 85.4 Å². The molecule has 0 aliphatic rings. The number of nitrogens with zero attached hydrogens (tertiary/aromatic N) is 1. The Morgan fingerprint density at radius 1 is 0.974 bits per heavy atom. The Morgan fingerprint density at radius 2 is 1.56 bits per heavy atom. The molecule has 39 heavy (non-hydrogen) atoms. The zero-order valence-corrected chi connectivity index (χ0v) is 24.4. The third kappa shape index (κ3) is 11.3. The number of esters is 1. The number of nitrogens with one attached hydrogen (secondary N) is 2. The Hall–Kier alpha value is -3.63. The Labute approximate surface area is 231 Å². The summed E-state index contributed by atoms with van der Waals surface area (Å²) >= 11 is 0. The van der Waals surface area contributed by atoms with Gasteiger partial charge < -0.3 is 30.7 Å². The van der Waals surface area contributed by atoms with Crippen molar-refractivity contribution in [2.75, 3.05) is 13.2 Å². The second-order valence-corrected chi connectivity index (χ2v) is 11.1. The van der Waals surface area contributed by atoms with Gasteiger partial charge in [0, 0.05) is 12.1 Å². The molecule has 11 heteroatoms. The van der Waals surface area contributed by atoms with E-state index in [-0.39, 0.29) is 19.6 Å². The minimum atomic E-state index is -1.39. The van der Waals surface area contributed by atoms with Gasteiger partial charge in [-0.05, 0) is 66.0 Å². The van der Waals surface area contributed by atoms with Gasteiger partial charge in [-0.15, -0.1) is 0 Å². The van der Waals surface area contributed by atoms with Gasteiger partial charge in [0.25, 0.3) is 0 Å². The largest absolute Gasteiger partial charge is 0.466 e. The smallest absolute Gasteiger partial charge is 0.408 e. The van der Waals surface area contributed by atoms with E-state index in [1.165, 1.54) is 4.90 Å². The third-order valence-electron chi connectivity index (χ3n) is 5.50. The molecule has 0 aliphatic heterocycles. The van der Waals surface area contributed by atoms with Gasteiger partial charge in [-0.2, -0.15) is 0 Å². The van der Waals surface area contributed by atoms with Crippen molar-refractivity contribution in [3.8, 4) is 0 Å². The topological polar surface area (TPSA) is 157 Å². The van der Waals surface area contributed by atoms with Crippen LogP contribution in [0.15, 0.2) is 24.3 Å². The average molecular weight is 549 g/mol. The minimum Gasteiger partial charge on any atom is -0.466 e. The first-order valence-corrected chi connectivity index (χ1v) is 13.1. The van der Waals surface area contributed by atoms with E-state index in [9.17, 15) is 24.0 Å². The van der Waals surface area contributed by atoms with Crippen molar-refractivity contribution in [3.63, 3.8) is 0 Å². The Balaban J connectivity index is 3.51. The van der Waals surface area contributed by atoms with Crippen molar-refractivity contribution >= 4 is 29.8 Å². The fraction of sp³-hybridized carbons (Fsp3) is 0.607. The standard InChI is InChI=1S/C28H44N4O7/c1-9-18-11-13-19(14-12-18)23(24(35)30-16-15-22(34)38-10-2)32(27(3,4)5)25(36)20(17-21(29)33)31-26(37)39-28(6,7)8/h11-14,20,23H,9-10,15-17H2,1-8H3,(H2,29,33)(H,30,35)(H,31,37). The number of amides is 4. The molecule has 0 saturated carbocycles. The van der Waals surface area contributed by atoms with E-state index in [4.69, 9.17) is 15.2 Å². The molecule has 2 atom stereocenters. The number of hydrogen-bond acceptors (Lipinski definition) is 7. The van der Waals surface area contributed by atoms with Crippen molar-refractivity contribution in [3.05, 3.63) is 35.4 Å². The molecule has 1 rings (SSSR count). The maximum Gasteiger partial charge on any atom is 0.408 e. The molecular formula is C28H44N4O7. The third-order valence-corrected chi connectivity index (χ3v) is 5.50. The molecule has 1 aromatic carbocycles. The first-order chi connectivity index (χ1) is 18.0.